The van der Waals surface area contributed by atoms with Crippen molar-refractivity contribution in [2.24, 2.45) is 0 Å². The number of nitro benzene ring substituents is 1. The Labute approximate surface area is 129 Å². The van der Waals surface area contributed by atoms with E-state index in [1.54, 1.807) is 18.2 Å². The second-order valence-electron chi connectivity index (χ2n) is 6.06. The summed E-state index contributed by atoms with van der Waals surface area (Å²) in [5.41, 5.74) is 0.535. The average Bonchev–Trinajstić information content (AvgIpc) is 3.18. The SMILES string of the molecule is O=C(Cc1ccccc1[N+](=O)[O-])N1CCCC1C1CCCN1. The summed E-state index contributed by atoms with van der Waals surface area (Å²) in [5, 5.41) is 14.5. The molecule has 0 spiro atoms. The minimum atomic E-state index is -0.414. The van der Waals surface area contributed by atoms with Crippen LogP contribution in [-0.2, 0) is 11.2 Å². The Bertz CT molecular complexity index is 570. The number of nitrogens with one attached hydrogen (secondary N) is 1. The highest BCUT2D eigenvalue weighted by Gasteiger charge is 2.36. The van der Waals surface area contributed by atoms with Crippen LogP contribution in [0.1, 0.15) is 31.2 Å². The molecule has 1 aromatic rings. The lowest BCUT2D eigenvalue weighted by atomic mass is 10.0. The lowest BCUT2D eigenvalue weighted by Gasteiger charge is -2.29. The van der Waals surface area contributed by atoms with Crippen LogP contribution in [0.3, 0.4) is 0 Å². The maximum atomic E-state index is 12.6. The number of carbonyl (C=O) groups is 1. The monoisotopic (exact) mass is 303 g/mol. The molecule has 1 N–H and O–H groups in total. The number of benzene rings is 1. The van der Waals surface area contributed by atoms with Crippen LogP contribution in [0.5, 0.6) is 0 Å². The molecule has 2 saturated heterocycles. The molecule has 2 aliphatic rings. The number of likely N-dealkylation sites (tertiary alicyclic amines) is 1. The molecule has 2 atom stereocenters. The van der Waals surface area contributed by atoms with E-state index in [1.165, 1.54) is 6.07 Å². The van der Waals surface area contributed by atoms with Gasteiger partial charge in [0.1, 0.15) is 0 Å². The Kier molecular flexibility index (Phi) is 4.38. The molecule has 2 heterocycles. The third-order valence-electron chi connectivity index (χ3n) is 4.71. The second-order valence-corrected chi connectivity index (χ2v) is 6.06. The van der Waals surface area contributed by atoms with Crippen molar-refractivity contribution in [1.29, 1.82) is 0 Å². The topological polar surface area (TPSA) is 75.5 Å². The van der Waals surface area contributed by atoms with Gasteiger partial charge in [-0.3, -0.25) is 14.9 Å². The van der Waals surface area contributed by atoms with Gasteiger partial charge in [0.05, 0.1) is 11.3 Å². The molecule has 6 nitrogen and oxygen atoms in total. The van der Waals surface area contributed by atoms with Gasteiger partial charge in [-0.25, -0.2) is 0 Å². The van der Waals surface area contributed by atoms with Crippen molar-refractivity contribution in [3.05, 3.63) is 39.9 Å². The molecule has 2 unspecified atom stereocenters. The molecule has 0 saturated carbocycles. The van der Waals surface area contributed by atoms with Crippen molar-refractivity contribution in [1.82, 2.24) is 10.2 Å². The van der Waals surface area contributed by atoms with E-state index in [1.807, 2.05) is 4.90 Å². The summed E-state index contributed by atoms with van der Waals surface area (Å²) in [7, 11) is 0. The molecular formula is C16H21N3O3. The van der Waals surface area contributed by atoms with Crippen LogP contribution >= 0.6 is 0 Å². The molecule has 118 valence electrons. The number of hydrogen-bond acceptors (Lipinski definition) is 4. The van der Waals surface area contributed by atoms with Gasteiger partial charge in [0.2, 0.25) is 5.91 Å². The van der Waals surface area contributed by atoms with Crippen LogP contribution in [0.4, 0.5) is 5.69 Å². The largest absolute Gasteiger partial charge is 0.338 e. The van der Waals surface area contributed by atoms with Crippen LogP contribution in [0.25, 0.3) is 0 Å². The number of amides is 1. The Morgan fingerprint density at radius 1 is 1.32 bits per heavy atom. The van der Waals surface area contributed by atoms with E-state index >= 15 is 0 Å². The predicted octanol–water partition coefficient (Wildman–Crippen LogP) is 1.88. The Morgan fingerprint density at radius 2 is 2.14 bits per heavy atom. The molecule has 0 aliphatic carbocycles. The standard InChI is InChI=1S/C16H21N3O3/c20-16(11-12-5-1-2-7-14(12)19(21)22)18-10-4-8-15(18)13-6-3-9-17-13/h1-2,5,7,13,15,17H,3-4,6,8-11H2. The number of nitrogens with zero attached hydrogens (tertiary/aromatic N) is 2. The summed E-state index contributed by atoms with van der Waals surface area (Å²) in [6, 6.07) is 7.15. The summed E-state index contributed by atoms with van der Waals surface area (Å²) in [5.74, 6) is 0.00509. The highest BCUT2D eigenvalue weighted by atomic mass is 16.6. The highest BCUT2D eigenvalue weighted by molar-refractivity contribution is 5.80. The Hall–Kier alpha value is -1.95. The summed E-state index contributed by atoms with van der Waals surface area (Å²) in [6.07, 6.45) is 4.43. The molecular weight excluding hydrogens is 282 g/mol. The van der Waals surface area contributed by atoms with Gasteiger partial charge in [0.15, 0.2) is 0 Å². The number of hydrogen-bond donors (Lipinski definition) is 1. The summed E-state index contributed by atoms with van der Waals surface area (Å²) in [6.45, 7) is 1.79. The number of carbonyl (C=O) groups excluding carboxylic acids is 1. The van der Waals surface area contributed by atoms with Crippen molar-refractivity contribution in [3.63, 3.8) is 0 Å². The van der Waals surface area contributed by atoms with E-state index in [4.69, 9.17) is 0 Å². The van der Waals surface area contributed by atoms with Gasteiger partial charge in [-0.15, -0.1) is 0 Å². The van der Waals surface area contributed by atoms with Crippen molar-refractivity contribution < 1.29 is 9.72 Å². The smallest absolute Gasteiger partial charge is 0.273 e. The molecule has 0 bridgehead atoms. The number of para-hydroxylation sites is 1. The van der Waals surface area contributed by atoms with Crippen LogP contribution in [-0.4, -0.2) is 40.9 Å². The number of nitro groups is 1. The Morgan fingerprint density at radius 3 is 2.86 bits per heavy atom. The second kappa shape index (κ2) is 6.44. The van der Waals surface area contributed by atoms with E-state index in [0.717, 1.165) is 38.8 Å². The van der Waals surface area contributed by atoms with Crippen LogP contribution in [0.2, 0.25) is 0 Å². The van der Waals surface area contributed by atoms with Gasteiger partial charge in [0, 0.05) is 30.3 Å². The van der Waals surface area contributed by atoms with Crippen molar-refractivity contribution in [2.45, 2.75) is 44.2 Å². The van der Waals surface area contributed by atoms with E-state index < -0.39 is 4.92 Å². The van der Waals surface area contributed by atoms with Gasteiger partial charge in [-0.2, -0.15) is 0 Å². The molecule has 0 aromatic heterocycles. The number of rotatable bonds is 4. The fraction of sp³-hybridized carbons (Fsp3) is 0.562. The normalized spacial score (nSPS) is 24.6. The summed E-state index contributed by atoms with van der Waals surface area (Å²) >= 11 is 0. The first kappa shape index (κ1) is 15.0. The summed E-state index contributed by atoms with van der Waals surface area (Å²) in [4.78, 5) is 25.2. The van der Waals surface area contributed by atoms with E-state index in [9.17, 15) is 14.9 Å². The summed E-state index contributed by atoms with van der Waals surface area (Å²) < 4.78 is 0. The molecule has 3 rings (SSSR count). The van der Waals surface area contributed by atoms with Gasteiger partial charge in [-0.1, -0.05) is 18.2 Å². The Balaban J connectivity index is 1.72. The molecule has 22 heavy (non-hydrogen) atoms. The first-order valence-electron chi connectivity index (χ1n) is 7.92. The molecule has 2 fully saturated rings. The predicted molar refractivity (Wildman–Crippen MR) is 82.6 cm³/mol. The highest BCUT2D eigenvalue weighted by Crippen LogP contribution is 2.26. The molecule has 1 aromatic carbocycles. The fourth-order valence-electron chi connectivity index (χ4n) is 3.66. The van der Waals surface area contributed by atoms with E-state index in [0.29, 0.717) is 11.6 Å². The molecule has 1 amide bonds. The third-order valence-corrected chi connectivity index (χ3v) is 4.71. The average molecular weight is 303 g/mol. The van der Waals surface area contributed by atoms with Gasteiger partial charge >= 0.3 is 0 Å². The fourth-order valence-corrected chi connectivity index (χ4v) is 3.66. The molecule has 6 heteroatoms. The quantitative estimate of drug-likeness (QED) is 0.680. The molecule has 2 aliphatic heterocycles. The maximum absolute atomic E-state index is 12.6. The zero-order valence-corrected chi connectivity index (χ0v) is 12.5. The van der Waals surface area contributed by atoms with Crippen LogP contribution < -0.4 is 5.32 Å². The molecule has 0 radical (unpaired) electrons. The lowest BCUT2D eigenvalue weighted by molar-refractivity contribution is -0.385. The maximum Gasteiger partial charge on any atom is 0.273 e. The zero-order valence-electron chi connectivity index (χ0n) is 12.5. The van der Waals surface area contributed by atoms with Crippen molar-refractivity contribution in [2.75, 3.05) is 13.1 Å². The van der Waals surface area contributed by atoms with Gasteiger partial charge in [-0.05, 0) is 32.2 Å². The zero-order chi connectivity index (χ0) is 15.5. The van der Waals surface area contributed by atoms with Crippen LogP contribution in [0, 0.1) is 10.1 Å². The first-order valence-corrected chi connectivity index (χ1v) is 7.92. The van der Waals surface area contributed by atoms with Gasteiger partial charge < -0.3 is 10.2 Å². The van der Waals surface area contributed by atoms with Crippen molar-refractivity contribution in [3.8, 4) is 0 Å². The third kappa shape index (κ3) is 2.97. The van der Waals surface area contributed by atoms with Gasteiger partial charge in [0.25, 0.3) is 5.69 Å². The van der Waals surface area contributed by atoms with Crippen LogP contribution in [0.15, 0.2) is 24.3 Å². The lowest BCUT2D eigenvalue weighted by Crippen LogP contribution is -2.47. The van der Waals surface area contributed by atoms with E-state index in [-0.39, 0.29) is 24.1 Å². The van der Waals surface area contributed by atoms with Crippen molar-refractivity contribution >= 4 is 11.6 Å². The first-order chi connectivity index (χ1) is 10.7. The minimum Gasteiger partial charge on any atom is -0.338 e. The minimum absolute atomic E-state index is 0.00509. The van der Waals surface area contributed by atoms with E-state index in [2.05, 4.69) is 5.32 Å².